The van der Waals surface area contributed by atoms with Crippen molar-refractivity contribution in [1.82, 2.24) is 0 Å². The molecule has 0 aliphatic heterocycles. The molecule has 0 bridgehead atoms. The molecule has 0 radical (unpaired) electrons. The molecule has 0 saturated carbocycles. The highest BCUT2D eigenvalue weighted by Crippen LogP contribution is 2.35. The number of hydrogen-bond donors (Lipinski definition) is 1. The van der Waals surface area contributed by atoms with Crippen molar-refractivity contribution in [3.05, 3.63) is 62.9 Å². The summed E-state index contributed by atoms with van der Waals surface area (Å²) in [5, 5.41) is 10.5. The van der Waals surface area contributed by atoms with Crippen LogP contribution in [0.5, 0.6) is 5.75 Å². The van der Waals surface area contributed by atoms with Crippen molar-refractivity contribution < 1.29 is 14.2 Å². The topological polar surface area (TPSA) is 29.5 Å². The van der Waals surface area contributed by atoms with E-state index in [2.05, 4.69) is 15.9 Å². The van der Waals surface area contributed by atoms with Gasteiger partial charge in [0.15, 0.2) is 0 Å². The first-order valence-corrected chi connectivity index (χ1v) is 7.01. The van der Waals surface area contributed by atoms with E-state index >= 15 is 0 Å². The third-order valence-electron chi connectivity index (χ3n) is 3.26. The molecule has 1 unspecified atom stereocenters. The van der Waals surface area contributed by atoms with Crippen LogP contribution in [0.1, 0.15) is 28.4 Å². The SMILES string of the molecule is COc1cc(C)c(Br)cc1C(O)c1ccc(C)cc1F. The zero-order valence-electron chi connectivity index (χ0n) is 11.6. The Bertz CT molecular complexity index is 641. The minimum atomic E-state index is -1.07. The van der Waals surface area contributed by atoms with Gasteiger partial charge in [-0.3, -0.25) is 0 Å². The Morgan fingerprint density at radius 1 is 1.15 bits per heavy atom. The number of ether oxygens (including phenoxy) is 1. The maximum atomic E-state index is 14.0. The Hall–Kier alpha value is -1.39. The lowest BCUT2D eigenvalue weighted by molar-refractivity contribution is 0.209. The molecular weight excluding hydrogens is 323 g/mol. The van der Waals surface area contributed by atoms with Crippen LogP contribution in [-0.2, 0) is 0 Å². The fourth-order valence-electron chi connectivity index (χ4n) is 2.08. The summed E-state index contributed by atoms with van der Waals surface area (Å²) >= 11 is 3.42. The lowest BCUT2D eigenvalue weighted by atomic mass is 9.98. The molecule has 0 aromatic heterocycles. The molecule has 0 fully saturated rings. The molecule has 4 heteroatoms. The molecule has 2 nitrogen and oxygen atoms in total. The smallest absolute Gasteiger partial charge is 0.129 e. The van der Waals surface area contributed by atoms with Crippen LogP contribution in [0, 0.1) is 19.7 Å². The summed E-state index contributed by atoms with van der Waals surface area (Å²) in [5.74, 6) is 0.120. The second-order valence-electron chi connectivity index (χ2n) is 4.77. The first kappa shape index (κ1) is 15.0. The minimum Gasteiger partial charge on any atom is -0.496 e. The predicted octanol–water partition coefficient (Wildman–Crippen LogP) is 4.30. The van der Waals surface area contributed by atoms with Crippen molar-refractivity contribution in [2.45, 2.75) is 20.0 Å². The molecule has 0 saturated heterocycles. The van der Waals surface area contributed by atoms with Gasteiger partial charge in [-0.05, 0) is 43.2 Å². The summed E-state index contributed by atoms with van der Waals surface area (Å²) in [7, 11) is 1.53. The number of halogens is 2. The van der Waals surface area contributed by atoms with Crippen molar-refractivity contribution in [1.29, 1.82) is 0 Å². The highest BCUT2D eigenvalue weighted by molar-refractivity contribution is 9.10. The summed E-state index contributed by atoms with van der Waals surface area (Å²) in [5.41, 5.74) is 2.58. The minimum absolute atomic E-state index is 0.240. The molecule has 20 heavy (non-hydrogen) atoms. The first-order chi connectivity index (χ1) is 9.43. The van der Waals surface area contributed by atoms with Crippen molar-refractivity contribution in [3.63, 3.8) is 0 Å². The van der Waals surface area contributed by atoms with E-state index < -0.39 is 11.9 Å². The van der Waals surface area contributed by atoms with E-state index in [1.165, 1.54) is 13.2 Å². The standard InChI is InChI=1S/C16H16BrFO2/c1-9-4-5-11(14(18)6-9)16(19)12-8-13(17)10(2)7-15(12)20-3/h4-8,16,19H,1-3H3. The van der Waals surface area contributed by atoms with Gasteiger partial charge in [0.2, 0.25) is 0 Å². The van der Waals surface area contributed by atoms with Gasteiger partial charge in [-0.2, -0.15) is 0 Å². The van der Waals surface area contributed by atoms with Crippen LogP contribution >= 0.6 is 15.9 Å². The molecule has 2 aromatic rings. The zero-order valence-corrected chi connectivity index (χ0v) is 13.2. The fraction of sp³-hybridized carbons (Fsp3) is 0.250. The highest BCUT2D eigenvalue weighted by Gasteiger charge is 2.20. The first-order valence-electron chi connectivity index (χ1n) is 6.22. The number of aryl methyl sites for hydroxylation is 2. The number of methoxy groups -OCH3 is 1. The normalized spacial score (nSPS) is 12.3. The van der Waals surface area contributed by atoms with E-state index in [1.54, 1.807) is 18.2 Å². The average Bonchev–Trinajstić information content (AvgIpc) is 2.40. The number of rotatable bonds is 3. The monoisotopic (exact) mass is 338 g/mol. The van der Waals surface area contributed by atoms with Gasteiger partial charge >= 0.3 is 0 Å². The van der Waals surface area contributed by atoms with Gasteiger partial charge in [0.1, 0.15) is 17.7 Å². The van der Waals surface area contributed by atoms with E-state index in [4.69, 9.17) is 4.74 Å². The van der Waals surface area contributed by atoms with E-state index in [9.17, 15) is 9.50 Å². The molecule has 0 aliphatic rings. The van der Waals surface area contributed by atoms with E-state index in [0.29, 0.717) is 11.3 Å². The molecule has 0 spiro atoms. The number of hydrogen-bond acceptors (Lipinski definition) is 2. The Morgan fingerprint density at radius 2 is 1.85 bits per heavy atom. The summed E-state index contributed by atoms with van der Waals surface area (Å²) < 4.78 is 20.1. The Labute approximate surface area is 126 Å². The molecule has 0 heterocycles. The van der Waals surface area contributed by atoms with Crippen LogP contribution in [0.25, 0.3) is 0 Å². The molecular formula is C16H16BrFO2. The third kappa shape index (κ3) is 2.86. The highest BCUT2D eigenvalue weighted by atomic mass is 79.9. The predicted molar refractivity (Wildman–Crippen MR) is 80.6 cm³/mol. The molecule has 1 N–H and O–H groups in total. The van der Waals surface area contributed by atoms with Crippen LogP contribution in [0.4, 0.5) is 4.39 Å². The molecule has 1 atom stereocenters. The van der Waals surface area contributed by atoms with Crippen molar-refractivity contribution in [2.24, 2.45) is 0 Å². The van der Waals surface area contributed by atoms with Gasteiger partial charge in [-0.25, -0.2) is 4.39 Å². The van der Waals surface area contributed by atoms with Crippen LogP contribution < -0.4 is 4.74 Å². The average molecular weight is 339 g/mol. The van der Waals surface area contributed by atoms with Crippen LogP contribution in [0.2, 0.25) is 0 Å². The lowest BCUT2D eigenvalue weighted by Crippen LogP contribution is -2.05. The number of aliphatic hydroxyl groups excluding tert-OH is 1. The quantitative estimate of drug-likeness (QED) is 0.904. The van der Waals surface area contributed by atoms with E-state index in [1.807, 2.05) is 19.9 Å². The van der Waals surface area contributed by atoms with E-state index in [-0.39, 0.29) is 5.56 Å². The van der Waals surface area contributed by atoms with Crippen molar-refractivity contribution in [3.8, 4) is 5.75 Å². The Balaban J connectivity index is 2.52. The summed E-state index contributed by atoms with van der Waals surface area (Å²) in [4.78, 5) is 0. The lowest BCUT2D eigenvalue weighted by Gasteiger charge is -2.17. The Morgan fingerprint density at radius 3 is 2.45 bits per heavy atom. The zero-order chi connectivity index (χ0) is 14.9. The van der Waals surface area contributed by atoms with Crippen LogP contribution in [-0.4, -0.2) is 12.2 Å². The van der Waals surface area contributed by atoms with Gasteiger partial charge in [0, 0.05) is 15.6 Å². The summed E-state index contributed by atoms with van der Waals surface area (Å²) in [6.45, 7) is 3.73. The van der Waals surface area contributed by atoms with Crippen LogP contribution in [0.3, 0.4) is 0 Å². The van der Waals surface area contributed by atoms with E-state index in [0.717, 1.165) is 15.6 Å². The second kappa shape index (κ2) is 5.94. The summed E-state index contributed by atoms with van der Waals surface area (Å²) in [6, 6.07) is 8.36. The molecule has 106 valence electrons. The summed E-state index contributed by atoms with van der Waals surface area (Å²) in [6.07, 6.45) is -1.07. The van der Waals surface area contributed by atoms with Gasteiger partial charge < -0.3 is 9.84 Å². The largest absolute Gasteiger partial charge is 0.496 e. The van der Waals surface area contributed by atoms with Gasteiger partial charge in [-0.15, -0.1) is 0 Å². The van der Waals surface area contributed by atoms with Crippen molar-refractivity contribution >= 4 is 15.9 Å². The molecule has 2 rings (SSSR count). The van der Waals surface area contributed by atoms with Gasteiger partial charge in [0.05, 0.1) is 7.11 Å². The molecule has 0 aliphatic carbocycles. The van der Waals surface area contributed by atoms with Gasteiger partial charge in [-0.1, -0.05) is 28.1 Å². The third-order valence-corrected chi connectivity index (χ3v) is 4.11. The van der Waals surface area contributed by atoms with Crippen LogP contribution in [0.15, 0.2) is 34.8 Å². The van der Waals surface area contributed by atoms with Gasteiger partial charge in [0.25, 0.3) is 0 Å². The maximum absolute atomic E-state index is 14.0. The fourth-order valence-corrected chi connectivity index (χ4v) is 2.44. The Kier molecular flexibility index (Phi) is 4.45. The number of aliphatic hydroxyl groups is 1. The molecule has 0 amide bonds. The number of benzene rings is 2. The van der Waals surface area contributed by atoms with Crippen molar-refractivity contribution in [2.75, 3.05) is 7.11 Å². The maximum Gasteiger partial charge on any atom is 0.129 e. The molecule has 2 aromatic carbocycles. The second-order valence-corrected chi connectivity index (χ2v) is 5.63.